The van der Waals surface area contributed by atoms with Crippen LogP contribution in [-0.2, 0) is 20.9 Å². The Morgan fingerprint density at radius 1 is 0.902 bits per heavy atom. The van der Waals surface area contributed by atoms with E-state index in [2.05, 4.69) is 15.6 Å². The molecule has 4 aromatic rings. The van der Waals surface area contributed by atoms with Crippen molar-refractivity contribution in [2.24, 2.45) is 5.41 Å². The number of unbranched alkanes of at least 4 members (excludes halogenated alkanes) is 2. The second-order valence-electron chi connectivity index (χ2n) is 12.7. The van der Waals surface area contributed by atoms with Crippen molar-refractivity contribution in [2.75, 3.05) is 25.6 Å². The molecule has 5 rings (SSSR count). The highest BCUT2D eigenvalue weighted by atomic mass is 19.1. The van der Waals surface area contributed by atoms with Crippen molar-refractivity contribution < 1.29 is 42.5 Å². The first kappa shape index (κ1) is 37.3. The monoisotopic (exact) mass is 703 g/mol. The number of aromatic nitrogens is 1. The minimum Gasteiger partial charge on any atom is -0.493 e. The Morgan fingerprint density at radius 2 is 1.67 bits per heavy atom. The first-order valence-corrected chi connectivity index (χ1v) is 17.2. The van der Waals surface area contributed by atoms with Crippen LogP contribution < -0.4 is 24.8 Å². The van der Waals surface area contributed by atoms with E-state index in [1.807, 2.05) is 0 Å². The molecule has 0 radical (unpaired) electrons. The number of rotatable bonds is 20. The SMILES string of the molecule is COc1cc2nccc(Oc3ccc(CNC(C)C(=O)C4(C(=O)Nc5ccc(F)cc5)CC4)cc3F)c2cc1OCCCCCC(=O)CCCO. The van der Waals surface area contributed by atoms with Crippen LogP contribution in [0, 0.1) is 17.0 Å². The Hall–Kier alpha value is -4.94. The summed E-state index contributed by atoms with van der Waals surface area (Å²) in [4.78, 5) is 42.4. The van der Waals surface area contributed by atoms with Crippen LogP contribution in [0.15, 0.2) is 66.9 Å². The van der Waals surface area contributed by atoms with Crippen molar-refractivity contribution in [1.29, 1.82) is 0 Å². The standard InChI is InChI=1S/C39H43F2N3O7/c1-25(37(47)39(16-17-39)38(48)44-28-12-10-27(40)11-13-28)43-24-26-9-14-34(31(41)21-26)51-33-15-18-42-32-23-35(49-2)36(22-30(32)33)50-20-5-3-4-7-29(46)8-6-19-45/h9-15,18,21-23,25,43,45H,3-8,16-17,19-20,24H2,1-2H3,(H,44,48). The summed E-state index contributed by atoms with van der Waals surface area (Å²) in [5.41, 5.74) is 0.415. The number of amides is 1. The van der Waals surface area contributed by atoms with Gasteiger partial charge in [0.05, 0.1) is 25.3 Å². The average molecular weight is 704 g/mol. The molecule has 3 aromatic carbocycles. The van der Waals surface area contributed by atoms with E-state index >= 15 is 4.39 Å². The number of carbonyl (C=O) groups excluding carboxylic acids is 3. The van der Waals surface area contributed by atoms with Crippen molar-refractivity contribution in [3.05, 3.63) is 84.1 Å². The number of aliphatic hydroxyl groups excluding tert-OH is 1. The Labute approximate surface area is 295 Å². The summed E-state index contributed by atoms with van der Waals surface area (Å²) in [6, 6.07) is 14.3. The third-order valence-corrected chi connectivity index (χ3v) is 8.94. The maximum atomic E-state index is 15.3. The van der Waals surface area contributed by atoms with Gasteiger partial charge in [0.25, 0.3) is 0 Å². The van der Waals surface area contributed by atoms with E-state index in [0.717, 1.165) is 19.3 Å². The van der Waals surface area contributed by atoms with Crippen molar-refractivity contribution in [3.8, 4) is 23.0 Å². The van der Waals surface area contributed by atoms with E-state index in [0.29, 0.717) is 78.1 Å². The summed E-state index contributed by atoms with van der Waals surface area (Å²) < 4.78 is 46.1. The molecular weight excluding hydrogens is 660 g/mol. The van der Waals surface area contributed by atoms with Gasteiger partial charge in [0.2, 0.25) is 5.91 Å². The predicted octanol–water partition coefficient (Wildman–Crippen LogP) is 7.06. The smallest absolute Gasteiger partial charge is 0.238 e. The quantitative estimate of drug-likeness (QED) is 0.0653. The van der Waals surface area contributed by atoms with Gasteiger partial charge >= 0.3 is 0 Å². The number of aliphatic hydroxyl groups is 1. The Morgan fingerprint density at radius 3 is 2.37 bits per heavy atom. The Kier molecular flexibility index (Phi) is 12.7. The molecule has 0 bridgehead atoms. The second kappa shape index (κ2) is 17.3. The lowest BCUT2D eigenvalue weighted by Gasteiger charge is -2.20. The summed E-state index contributed by atoms with van der Waals surface area (Å²) in [5.74, 6) is -0.214. The zero-order valence-corrected chi connectivity index (χ0v) is 28.8. The Balaban J connectivity index is 1.17. The lowest BCUT2D eigenvalue weighted by molar-refractivity contribution is -0.134. The van der Waals surface area contributed by atoms with Crippen LogP contribution in [0.1, 0.15) is 63.9 Å². The zero-order valence-electron chi connectivity index (χ0n) is 28.8. The van der Waals surface area contributed by atoms with E-state index in [1.54, 1.807) is 37.4 Å². The van der Waals surface area contributed by atoms with E-state index in [1.165, 1.54) is 43.5 Å². The Bertz CT molecular complexity index is 1850. The number of benzene rings is 3. The van der Waals surface area contributed by atoms with Gasteiger partial charge in [-0.1, -0.05) is 6.07 Å². The van der Waals surface area contributed by atoms with Crippen LogP contribution in [0.2, 0.25) is 0 Å². The summed E-state index contributed by atoms with van der Waals surface area (Å²) in [5, 5.41) is 15.3. The van der Waals surface area contributed by atoms with Crippen LogP contribution in [0.4, 0.5) is 14.5 Å². The number of hydrogen-bond acceptors (Lipinski definition) is 9. The van der Waals surface area contributed by atoms with Gasteiger partial charge in [0.15, 0.2) is 28.8 Å². The van der Waals surface area contributed by atoms with Gasteiger partial charge in [-0.05, 0) is 99.5 Å². The van der Waals surface area contributed by atoms with Crippen LogP contribution in [0.3, 0.4) is 0 Å². The minimum atomic E-state index is -1.14. The maximum absolute atomic E-state index is 15.3. The normalized spacial score (nSPS) is 13.7. The third-order valence-electron chi connectivity index (χ3n) is 8.94. The highest BCUT2D eigenvalue weighted by molar-refractivity contribution is 6.15. The first-order valence-electron chi connectivity index (χ1n) is 17.2. The molecule has 51 heavy (non-hydrogen) atoms. The topological polar surface area (TPSA) is 136 Å². The van der Waals surface area contributed by atoms with Crippen LogP contribution in [-0.4, -0.2) is 53.9 Å². The molecule has 1 fully saturated rings. The number of carbonyl (C=O) groups is 3. The molecule has 1 aromatic heterocycles. The van der Waals surface area contributed by atoms with Gasteiger partial charge < -0.3 is 30.0 Å². The van der Waals surface area contributed by atoms with Crippen LogP contribution >= 0.6 is 0 Å². The second-order valence-corrected chi connectivity index (χ2v) is 12.7. The fraction of sp³-hybridized carbons (Fsp3) is 0.385. The lowest BCUT2D eigenvalue weighted by Crippen LogP contribution is -2.43. The molecular formula is C39H43F2N3O7. The fourth-order valence-electron chi connectivity index (χ4n) is 5.80. The van der Waals surface area contributed by atoms with Gasteiger partial charge in [-0.25, -0.2) is 8.78 Å². The largest absolute Gasteiger partial charge is 0.493 e. The van der Waals surface area contributed by atoms with E-state index in [-0.39, 0.29) is 30.5 Å². The van der Waals surface area contributed by atoms with E-state index in [4.69, 9.17) is 19.3 Å². The van der Waals surface area contributed by atoms with E-state index in [9.17, 15) is 18.8 Å². The van der Waals surface area contributed by atoms with Crippen molar-refractivity contribution >= 4 is 34.1 Å². The van der Waals surface area contributed by atoms with E-state index < -0.39 is 29.0 Å². The molecule has 0 saturated heterocycles. The third kappa shape index (κ3) is 9.65. The highest BCUT2D eigenvalue weighted by Crippen LogP contribution is 2.48. The van der Waals surface area contributed by atoms with Crippen molar-refractivity contribution in [3.63, 3.8) is 0 Å². The predicted molar refractivity (Wildman–Crippen MR) is 188 cm³/mol. The van der Waals surface area contributed by atoms with Crippen molar-refractivity contribution in [2.45, 2.75) is 70.9 Å². The van der Waals surface area contributed by atoms with Gasteiger partial charge in [0.1, 0.15) is 22.8 Å². The molecule has 0 spiro atoms. The molecule has 1 atom stereocenters. The molecule has 1 heterocycles. The number of Topliss-reactive ketones (excluding diaryl/α,β-unsaturated/α-hetero) is 2. The van der Waals surface area contributed by atoms with Crippen LogP contribution in [0.5, 0.6) is 23.0 Å². The molecule has 1 amide bonds. The van der Waals surface area contributed by atoms with Gasteiger partial charge in [-0.2, -0.15) is 0 Å². The molecule has 12 heteroatoms. The number of methoxy groups -OCH3 is 1. The summed E-state index contributed by atoms with van der Waals surface area (Å²) in [6.45, 7) is 2.28. The number of fused-ring (bicyclic) bond motifs is 1. The number of anilines is 1. The molecule has 1 saturated carbocycles. The summed E-state index contributed by atoms with van der Waals surface area (Å²) >= 11 is 0. The molecule has 0 aliphatic heterocycles. The molecule has 3 N–H and O–H groups in total. The number of ether oxygens (including phenoxy) is 3. The minimum absolute atomic E-state index is 0.00315. The number of halogens is 2. The molecule has 10 nitrogen and oxygen atoms in total. The number of ketones is 2. The molecule has 1 aliphatic carbocycles. The molecule has 1 unspecified atom stereocenters. The van der Waals surface area contributed by atoms with Crippen LogP contribution in [0.25, 0.3) is 10.9 Å². The number of nitrogens with zero attached hydrogens (tertiary/aromatic N) is 1. The number of nitrogens with one attached hydrogen (secondary N) is 2. The molecule has 270 valence electrons. The number of hydrogen-bond donors (Lipinski definition) is 3. The summed E-state index contributed by atoms with van der Waals surface area (Å²) in [6.07, 6.45) is 6.08. The van der Waals surface area contributed by atoms with Gasteiger partial charge in [-0.3, -0.25) is 19.4 Å². The molecule has 1 aliphatic rings. The van der Waals surface area contributed by atoms with Gasteiger partial charge in [-0.15, -0.1) is 0 Å². The highest BCUT2D eigenvalue weighted by Gasteiger charge is 2.57. The average Bonchev–Trinajstić information content (AvgIpc) is 3.95. The number of pyridine rings is 1. The zero-order chi connectivity index (χ0) is 36.4. The lowest BCUT2D eigenvalue weighted by atomic mass is 9.94. The summed E-state index contributed by atoms with van der Waals surface area (Å²) in [7, 11) is 1.53. The van der Waals surface area contributed by atoms with Crippen molar-refractivity contribution in [1.82, 2.24) is 10.3 Å². The van der Waals surface area contributed by atoms with Gasteiger partial charge in [0, 0.05) is 49.3 Å². The fourth-order valence-corrected chi connectivity index (χ4v) is 5.80. The first-order chi connectivity index (χ1) is 24.6. The maximum Gasteiger partial charge on any atom is 0.238 e.